The molecule has 2 aromatic rings. The number of fused-ring (bicyclic) bond motifs is 1. The predicted molar refractivity (Wildman–Crippen MR) is 126 cm³/mol. The number of nitrogens with zero attached hydrogens (tertiary/aromatic N) is 2. The molecule has 178 valence electrons. The Morgan fingerprint density at radius 3 is 2.72 bits per heavy atom. The van der Waals surface area contributed by atoms with Crippen molar-refractivity contribution in [3.8, 4) is 0 Å². The van der Waals surface area contributed by atoms with E-state index in [0.29, 0.717) is 18.4 Å². The summed E-state index contributed by atoms with van der Waals surface area (Å²) in [5.41, 5.74) is 1.94. The number of hydrogen-bond donors (Lipinski definition) is 1. The van der Waals surface area contributed by atoms with Crippen molar-refractivity contribution in [3.63, 3.8) is 0 Å². The fourth-order valence-corrected chi connectivity index (χ4v) is 4.05. The third-order valence-corrected chi connectivity index (χ3v) is 5.93. The van der Waals surface area contributed by atoms with Crippen molar-refractivity contribution in [2.75, 3.05) is 20.3 Å². The topological polar surface area (TPSA) is 77.9 Å². The van der Waals surface area contributed by atoms with Crippen molar-refractivity contribution in [2.24, 2.45) is 11.8 Å². The molecule has 1 aliphatic rings. The van der Waals surface area contributed by atoms with E-state index in [9.17, 15) is 4.79 Å². The van der Waals surface area contributed by atoms with Gasteiger partial charge in [-0.25, -0.2) is 4.79 Å². The van der Waals surface area contributed by atoms with Crippen LogP contribution in [-0.4, -0.2) is 53.9 Å². The van der Waals surface area contributed by atoms with Crippen molar-refractivity contribution < 1.29 is 19.0 Å². The molecule has 0 aliphatic carbocycles. The van der Waals surface area contributed by atoms with Crippen LogP contribution in [0, 0.1) is 11.8 Å². The van der Waals surface area contributed by atoms with E-state index in [-0.39, 0.29) is 18.2 Å². The minimum Gasteiger partial charge on any atom is -0.444 e. The van der Waals surface area contributed by atoms with Crippen molar-refractivity contribution in [3.05, 3.63) is 30.0 Å². The van der Waals surface area contributed by atoms with E-state index in [1.807, 2.05) is 27.0 Å². The number of amides is 1. The van der Waals surface area contributed by atoms with E-state index in [1.165, 1.54) is 5.56 Å². The molecule has 32 heavy (non-hydrogen) atoms. The summed E-state index contributed by atoms with van der Waals surface area (Å²) in [5.74, 6) is 0.875. The molecule has 0 bridgehead atoms. The molecule has 7 nitrogen and oxygen atoms in total. The number of benzene rings is 1. The van der Waals surface area contributed by atoms with E-state index in [2.05, 4.69) is 47.1 Å². The van der Waals surface area contributed by atoms with Gasteiger partial charge >= 0.3 is 6.09 Å². The van der Waals surface area contributed by atoms with E-state index >= 15 is 0 Å². The maximum Gasteiger partial charge on any atom is 0.407 e. The molecule has 1 fully saturated rings. The summed E-state index contributed by atoms with van der Waals surface area (Å²) in [7, 11) is 1.73. The van der Waals surface area contributed by atoms with Crippen LogP contribution in [0.25, 0.3) is 10.9 Å². The molecule has 1 amide bonds. The highest BCUT2D eigenvalue weighted by Crippen LogP contribution is 2.28. The molecule has 1 aliphatic heterocycles. The molecule has 3 rings (SSSR count). The third-order valence-electron chi connectivity index (χ3n) is 5.93. The summed E-state index contributed by atoms with van der Waals surface area (Å²) in [6.07, 6.45) is 4.36. The Hall–Kier alpha value is -2.12. The standard InChI is InChI=1S/C25H39N3O4/c1-17(2)20(14-21(23-16-31-23)27-24(29)32-25(3,4)5)12-18-8-9-19-15-26-28(22(19)13-18)10-7-11-30-6/h8-9,13,15,17,20-21,23H,7,10-12,14,16H2,1-6H3,(H,27,29)/t20-,21-,23?/m0/s1. The summed E-state index contributed by atoms with van der Waals surface area (Å²) in [6.45, 7) is 12.4. The third kappa shape index (κ3) is 7.20. The minimum absolute atomic E-state index is 0.0412. The van der Waals surface area contributed by atoms with Crippen LogP contribution in [0.2, 0.25) is 0 Å². The molecule has 0 spiro atoms. The monoisotopic (exact) mass is 445 g/mol. The Labute approximate surface area is 191 Å². The number of alkyl carbamates (subject to hydrolysis) is 1. The molecule has 1 unspecified atom stereocenters. The van der Waals surface area contributed by atoms with Crippen LogP contribution in [0.3, 0.4) is 0 Å². The molecule has 1 N–H and O–H groups in total. The van der Waals surface area contributed by atoms with Gasteiger partial charge in [-0.1, -0.05) is 26.0 Å². The van der Waals surface area contributed by atoms with Gasteiger partial charge in [-0.15, -0.1) is 0 Å². The quantitative estimate of drug-likeness (QED) is 0.405. The zero-order valence-electron chi connectivity index (χ0n) is 20.4. The van der Waals surface area contributed by atoms with Gasteiger partial charge in [0.05, 0.1) is 24.4 Å². The summed E-state index contributed by atoms with van der Waals surface area (Å²) < 4.78 is 18.3. The second-order valence-corrected chi connectivity index (χ2v) is 10.2. The number of rotatable bonds is 11. The molecule has 7 heteroatoms. The van der Waals surface area contributed by atoms with E-state index in [0.717, 1.165) is 43.3 Å². The van der Waals surface area contributed by atoms with Gasteiger partial charge in [0.15, 0.2) is 0 Å². The van der Waals surface area contributed by atoms with Gasteiger partial charge in [0.25, 0.3) is 0 Å². The van der Waals surface area contributed by atoms with E-state index in [1.54, 1.807) is 7.11 Å². The van der Waals surface area contributed by atoms with Gasteiger partial charge in [0.1, 0.15) is 11.7 Å². The Kier molecular flexibility index (Phi) is 8.17. The molecule has 1 saturated heterocycles. The number of carbonyl (C=O) groups excluding carboxylic acids is 1. The van der Waals surface area contributed by atoms with Crippen LogP contribution in [0.1, 0.15) is 53.0 Å². The summed E-state index contributed by atoms with van der Waals surface area (Å²) in [4.78, 5) is 12.4. The number of aryl methyl sites for hydroxylation is 1. The SMILES string of the molecule is COCCCn1ncc2ccc(C[C@@H](C[C@H](NC(=O)OC(C)(C)C)C3CO3)C(C)C)cc21. The Morgan fingerprint density at radius 1 is 1.34 bits per heavy atom. The number of aromatic nitrogens is 2. The fraction of sp³-hybridized carbons (Fsp3) is 0.680. The first-order valence-electron chi connectivity index (χ1n) is 11.7. The lowest BCUT2D eigenvalue weighted by atomic mass is 9.83. The highest BCUT2D eigenvalue weighted by atomic mass is 16.6. The lowest BCUT2D eigenvalue weighted by Crippen LogP contribution is -2.43. The summed E-state index contributed by atoms with van der Waals surface area (Å²) >= 11 is 0. The fourth-order valence-electron chi connectivity index (χ4n) is 4.05. The first kappa shape index (κ1) is 24.5. The Morgan fingerprint density at radius 2 is 2.09 bits per heavy atom. The van der Waals surface area contributed by atoms with Crippen LogP contribution in [-0.2, 0) is 27.2 Å². The Bertz CT molecular complexity index is 883. The molecule has 1 aromatic carbocycles. The molecule has 0 saturated carbocycles. The summed E-state index contributed by atoms with van der Waals surface area (Å²) in [5, 5.41) is 8.76. The molecule has 0 radical (unpaired) electrons. The van der Waals surface area contributed by atoms with Crippen LogP contribution in [0.5, 0.6) is 0 Å². The Balaban J connectivity index is 1.69. The lowest BCUT2D eigenvalue weighted by molar-refractivity contribution is 0.0483. The smallest absolute Gasteiger partial charge is 0.407 e. The van der Waals surface area contributed by atoms with Crippen molar-refractivity contribution >= 4 is 17.0 Å². The number of hydrogen-bond acceptors (Lipinski definition) is 5. The summed E-state index contributed by atoms with van der Waals surface area (Å²) in [6, 6.07) is 6.57. The number of methoxy groups -OCH3 is 1. The van der Waals surface area contributed by atoms with E-state index < -0.39 is 5.60 Å². The highest BCUT2D eigenvalue weighted by Gasteiger charge is 2.37. The van der Waals surface area contributed by atoms with Gasteiger partial charge in [-0.2, -0.15) is 5.10 Å². The largest absolute Gasteiger partial charge is 0.444 e. The second kappa shape index (κ2) is 10.7. The second-order valence-electron chi connectivity index (χ2n) is 10.2. The number of ether oxygens (including phenoxy) is 3. The van der Waals surface area contributed by atoms with Gasteiger partial charge in [0, 0.05) is 25.6 Å². The van der Waals surface area contributed by atoms with Crippen LogP contribution >= 0.6 is 0 Å². The van der Waals surface area contributed by atoms with Gasteiger partial charge in [-0.3, -0.25) is 4.68 Å². The van der Waals surface area contributed by atoms with Crippen molar-refractivity contribution in [2.45, 2.75) is 78.2 Å². The van der Waals surface area contributed by atoms with Gasteiger partial charge in [0.2, 0.25) is 0 Å². The van der Waals surface area contributed by atoms with Crippen molar-refractivity contribution in [1.82, 2.24) is 15.1 Å². The molecule has 2 heterocycles. The highest BCUT2D eigenvalue weighted by molar-refractivity contribution is 5.79. The number of carbonyl (C=O) groups is 1. The lowest BCUT2D eigenvalue weighted by Gasteiger charge is -2.28. The van der Waals surface area contributed by atoms with Crippen LogP contribution in [0.4, 0.5) is 4.79 Å². The average Bonchev–Trinajstić information content (AvgIpc) is 3.47. The zero-order valence-corrected chi connectivity index (χ0v) is 20.4. The average molecular weight is 446 g/mol. The van der Waals surface area contributed by atoms with E-state index in [4.69, 9.17) is 14.2 Å². The van der Waals surface area contributed by atoms with Crippen LogP contribution in [0.15, 0.2) is 24.4 Å². The van der Waals surface area contributed by atoms with Gasteiger partial charge < -0.3 is 19.5 Å². The molecule has 1 aromatic heterocycles. The normalized spacial score (nSPS) is 18.0. The predicted octanol–water partition coefficient (Wildman–Crippen LogP) is 4.57. The minimum atomic E-state index is -0.516. The first-order valence-corrected chi connectivity index (χ1v) is 11.7. The molecular formula is C25H39N3O4. The number of epoxide rings is 1. The van der Waals surface area contributed by atoms with Crippen LogP contribution < -0.4 is 5.32 Å². The van der Waals surface area contributed by atoms with Gasteiger partial charge in [-0.05, 0) is 63.5 Å². The molecular weight excluding hydrogens is 406 g/mol. The zero-order chi connectivity index (χ0) is 23.3. The maximum absolute atomic E-state index is 12.4. The number of nitrogens with one attached hydrogen (secondary N) is 1. The maximum atomic E-state index is 12.4. The van der Waals surface area contributed by atoms with Crippen molar-refractivity contribution in [1.29, 1.82) is 0 Å². The first-order chi connectivity index (χ1) is 15.2. The molecule has 3 atom stereocenters.